The standard InChI is InChI=1S/C15H19NOS/c16-13(8-9-15-7-4-12-18-15)10-11-17-14-5-2-1-3-6-14/h1-7,12-13H,8-11,16H2. The van der Waals surface area contributed by atoms with Gasteiger partial charge in [-0.3, -0.25) is 0 Å². The summed E-state index contributed by atoms with van der Waals surface area (Å²) < 4.78 is 5.64. The summed E-state index contributed by atoms with van der Waals surface area (Å²) in [5.41, 5.74) is 6.08. The van der Waals surface area contributed by atoms with Crippen LogP contribution in [0.4, 0.5) is 0 Å². The third-order valence-corrected chi connectivity index (χ3v) is 3.78. The van der Waals surface area contributed by atoms with Gasteiger partial charge in [0.1, 0.15) is 5.75 Å². The number of hydrogen-bond acceptors (Lipinski definition) is 3. The van der Waals surface area contributed by atoms with Gasteiger partial charge in [-0.05, 0) is 42.8 Å². The molecule has 0 aliphatic rings. The Kier molecular flexibility index (Phi) is 5.24. The predicted octanol–water partition coefficient (Wildman–Crippen LogP) is 3.48. The van der Waals surface area contributed by atoms with Gasteiger partial charge in [-0.2, -0.15) is 0 Å². The first kappa shape index (κ1) is 13.1. The first-order chi connectivity index (χ1) is 8.84. The molecular formula is C15H19NOS. The highest BCUT2D eigenvalue weighted by Gasteiger charge is 2.04. The summed E-state index contributed by atoms with van der Waals surface area (Å²) in [6.45, 7) is 0.690. The molecule has 0 fully saturated rings. The van der Waals surface area contributed by atoms with Crippen LogP contribution in [0.1, 0.15) is 17.7 Å². The van der Waals surface area contributed by atoms with Crippen LogP contribution in [-0.2, 0) is 6.42 Å². The smallest absolute Gasteiger partial charge is 0.119 e. The average Bonchev–Trinajstić information content (AvgIpc) is 2.91. The van der Waals surface area contributed by atoms with Gasteiger partial charge in [-0.15, -0.1) is 11.3 Å². The maximum atomic E-state index is 6.08. The number of para-hydroxylation sites is 1. The maximum Gasteiger partial charge on any atom is 0.119 e. The van der Waals surface area contributed by atoms with Gasteiger partial charge in [0.15, 0.2) is 0 Å². The summed E-state index contributed by atoms with van der Waals surface area (Å²) in [5, 5.41) is 2.11. The van der Waals surface area contributed by atoms with Crippen molar-refractivity contribution in [2.45, 2.75) is 25.3 Å². The van der Waals surface area contributed by atoms with Crippen molar-refractivity contribution in [2.24, 2.45) is 5.73 Å². The van der Waals surface area contributed by atoms with Gasteiger partial charge >= 0.3 is 0 Å². The number of aryl methyl sites for hydroxylation is 1. The summed E-state index contributed by atoms with van der Waals surface area (Å²) in [4.78, 5) is 1.41. The van der Waals surface area contributed by atoms with E-state index in [1.54, 1.807) is 11.3 Å². The van der Waals surface area contributed by atoms with E-state index in [0.29, 0.717) is 6.61 Å². The van der Waals surface area contributed by atoms with Crippen molar-refractivity contribution in [3.63, 3.8) is 0 Å². The van der Waals surface area contributed by atoms with Crippen molar-refractivity contribution in [3.8, 4) is 5.75 Å². The largest absolute Gasteiger partial charge is 0.494 e. The van der Waals surface area contributed by atoms with Crippen LogP contribution in [0.3, 0.4) is 0 Å². The number of hydrogen-bond donors (Lipinski definition) is 1. The molecule has 0 bridgehead atoms. The van der Waals surface area contributed by atoms with E-state index in [9.17, 15) is 0 Å². The summed E-state index contributed by atoms with van der Waals surface area (Å²) in [6.07, 6.45) is 3.00. The quantitative estimate of drug-likeness (QED) is 0.828. The lowest BCUT2D eigenvalue weighted by Crippen LogP contribution is -2.23. The van der Waals surface area contributed by atoms with E-state index in [-0.39, 0.29) is 6.04 Å². The van der Waals surface area contributed by atoms with Crippen LogP contribution in [0.25, 0.3) is 0 Å². The Hall–Kier alpha value is -1.32. The Bertz CT molecular complexity index is 427. The van der Waals surface area contributed by atoms with Gasteiger partial charge in [0, 0.05) is 10.9 Å². The molecule has 2 nitrogen and oxygen atoms in total. The third-order valence-electron chi connectivity index (χ3n) is 2.84. The Morgan fingerprint density at radius 1 is 1.06 bits per heavy atom. The summed E-state index contributed by atoms with van der Waals surface area (Å²) >= 11 is 1.80. The van der Waals surface area contributed by atoms with Crippen LogP contribution < -0.4 is 10.5 Å². The molecule has 18 heavy (non-hydrogen) atoms. The van der Waals surface area contributed by atoms with Crippen molar-refractivity contribution in [1.29, 1.82) is 0 Å². The van der Waals surface area contributed by atoms with Gasteiger partial charge in [-0.1, -0.05) is 24.3 Å². The van der Waals surface area contributed by atoms with Crippen molar-refractivity contribution in [1.82, 2.24) is 0 Å². The lowest BCUT2D eigenvalue weighted by Gasteiger charge is -2.11. The summed E-state index contributed by atoms with van der Waals surface area (Å²) in [7, 11) is 0. The molecule has 0 radical (unpaired) electrons. The fourth-order valence-electron chi connectivity index (χ4n) is 1.77. The molecule has 0 spiro atoms. The fourth-order valence-corrected chi connectivity index (χ4v) is 2.50. The third kappa shape index (κ3) is 4.51. The predicted molar refractivity (Wildman–Crippen MR) is 77.2 cm³/mol. The SMILES string of the molecule is NC(CCOc1ccccc1)CCc1cccs1. The summed E-state index contributed by atoms with van der Waals surface area (Å²) in [5.74, 6) is 0.919. The molecule has 2 N–H and O–H groups in total. The molecule has 0 aliphatic carbocycles. The van der Waals surface area contributed by atoms with Crippen LogP contribution in [0.15, 0.2) is 47.8 Å². The summed E-state index contributed by atoms with van der Waals surface area (Å²) in [6, 6.07) is 14.4. The second-order valence-corrected chi connectivity index (χ2v) is 5.36. The fraction of sp³-hybridized carbons (Fsp3) is 0.333. The minimum absolute atomic E-state index is 0.218. The van der Waals surface area contributed by atoms with Crippen molar-refractivity contribution in [2.75, 3.05) is 6.61 Å². The number of benzene rings is 1. The normalized spacial score (nSPS) is 12.3. The van der Waals surface area contributed by atoms with E-state index in [1.165, 1.54) is 4.88 Å². The van der Waals surface area contributed by atoms with Crippen LogP contribution in [0, 0.1) is 0 Å². The average molecular weight is 261 g/mol. The minimum atomic E-state index is 0.218. The molecule has 1 unspecified atom stereocenters. The topological polar surface area (TPSA) is 35.2 Å². The molecule has 1 atom stereocenters. The molecule has 2 rings (SSSR count). The number of rotatable bonds is 7. The zero-order valence-electron chi connectivity index (χ0n) is 10.4. The van der Waals surface area contributed by atoms with Crippen molar-refractivity contribution < 1.29 is 4.74 Å². The Labute approximate surface area is 112 Å². The van der Waals surface area contributed by atoms with Crippen LogP contribution in [-0.4, -0.2) is 12.6 Å². The lowest BCUT2D eigenvalue weighted by atomic mass is 10.1. The Balaban J connectivity index is 1.61. The zero-order valence-corrected chi connectivity index (χ0v) is 11.2. The molecule has 0 amide bonds. The highest BCUT2D eigenvalue weighted by atomic mass is 32.1. The van der Waals surface area contributed by atoms with Gasteiger partial charge in [0.2, 0.25) is 0 Å². The van der Waals surface area contributed by atoms with Crippen LogP contribution in [0.5, 0.6) is 5.75 Å². The molecule has 1 heterocycles. The van der Waals surface area contributed by atoms with E-state index in [1.807, 2.05) is 30.3 Å². The zero-order chi connectivity index (χ0) is 12.6. The number of ether oxygens (including phenoxy) is 1. The maximum absolute atomic E-state index is 6.08. The van der Waals surface area contributed by atoms with Gasteiger partial charge < -0.3 is 10.5 Å². The van der Waals surface area contributed by atoms with Gasteiger partial charge in [0.05, 0.1) is 6.61 Å². The van der Waals surface area contributed by atoms with Gasteiger partial charge in [-0.25, -0.2) is 0 Å². The van der Waals surface area contributed by atoms with E-state index < -0.39 is 0 Å². The van der Waals surface area contributed by atoms with E-state index in [0.717, 1.165) is 25.0 Å². The highest BCUT2D eigenvalue weighted by Crippen LogP contribution is 2.13. The second kappa shape index (κ2) is 7.19. The first-order valence-corrected chi connectivity index (χ1v) is 7.18. The van der Waals surface area contributed by atoms with Crippen molar-refractivity contribution in [3.05, 3.63) is 52.7 Å². The van der Waals surface area contributed by atoms with E-state index in [4.69, 9.17) is 10.5 Å². The highest BCUT2D eigenvalue weighted by molar-refractivity contribution is 7.09. The second-order valence-electron chi connectivity index (χ2n) is 4.33. The lowest BCUT2D eigenvalue weighted by molar-refractivity contribution is 0.295. The molecule has 0 saturated carbocycles. The molecule has 3 heteroatoms. The Morgan fingerprint density at radius 3 is 2.61 bits per heavy atom. The molecular weight excluding hydrogens is 242 g/mol. The minimum Gasteiger partial charge on any atom is -0.494 e. The molecule has 1 aromatic heterocycles. The van der Waals surface area contributed by atoms with Crippen LogP contribution >= 0.6 is 11.3 Å². The van der Waals surface area contributed by atoms with E-state index in [2.05, 4.69) is 17.5 Å². The van der Waals surface area contributed by atoms with Gasteiger partial charge in [0.25, 0.3) is 0 Å². The number of nitrogens with two attached hydrogens (primary N) is 1. The Morgan fingerprint density at radius 2 is 1.89 bits per heavy atom. The molecule has 0 saturated heterocycles. The first-order valence-electron chi connectivity index (χ1n) is 6.30. The molecule has 2 aromatic rings. The monoisotopic (exact) mass is 261 g/mol. The van der Waals surface area contributed by atoms with Crippen molar-refractivity contribution >= 4 is 11.3 Å². The molecule has 0 aliphatic heterocycles. The van der Waals surface area contributed by atoms with E-state index >= 15 is 0 Å². The molecule has 96 valence electrons. The number of thiophene rings is 1. The molecule has 1 aromatic carbocycles. The van der Waals surface area contributed by atoms with Crippen LogP contribution in [0.2, 0.25) is 0 Å².